The maximum atomic E-state index is 12.0. The van der Waals surface area contributed by atoms with Gasteiger partial charge in [-0.3, -0.25) is 4.79 Å². The summed E-state index contributed by atoms with van der Waals surface area (Å²) in [7, 11) is 0. The highest BCUT2D eigenvalue weighted by atomic mass is 16.2. The third kappa shape index (κ3) is 4.04. The average molecular weight is 212 g/mol. The molecular formula is C12H24N2O. The molecule has 0 spiro atoms. The van der Waals surface area contributed by atoms with Gasteiger partial charge in [-0.1, -0.05) is 26.3 Å². The van der Waals surface area contributed by atoms with Gasteiger partial charge >= 0.3 is 0 Å². The fourth-order valence-electron chi connectivity index (χ4n) is 1.38. The van der Waals surface area contributed by atoms with Gasteiger partial charge in [-0.05, 0) is 19.8 Å². The zero-order valence-corrected chi connectivity index (χ0v) is 10.4. The Morgan fingerprint density at radius 1 is 1.47 bits per heavy atom. The van der Waals surface area contributed by atoms with Crippen LogP contribution in [0.2, 0.25) is 0 Å². The van der Waals surface area contributed by atoms with Gasteiger partial charge in [0.2, 0.25) is 5.91 Å². The fraction of sp³-hybridized carbons (Fsp3) is 0.750. The van der Waals surface area contributed by atoms with Crippen molar-refractivity contribution < 1.29 is 4.79 Å². The number of carbonyl (C=O) groups is 1. The Morgan fingerprint density at radius 2 is 2.00 bits per heavy atom. The van der Waals surface area contributed by atoms with E-state index in [0.29, 0.717) is 6.54 Å². The van der Waals surface area contributed by atoms with Crippen LogP contribution in [0.1, 0.15) is 34.1 Å². The van der Waals surface area contributed by atoms with Crippen LogP contribution in [-0.2, 0) is 4.79 Å². The number of hydrogen-bond acceptors (Lipinski definition) is 2. The van der Waals surface area contributed by atoms with Crippen LogP contribution in [0.5, 0.6) is 0 Å². The molecule has 2 unspecified atom stereocenters. The zero-order chi connectivity index (χ0) is 12.0. The highest BCUT2D eigenvalue weighted by Crippen LogP contribution is 2.10. The molecule has 0 aromatic carbocycles. The molecule has 0 heterocycles. The van der Waals surface area contributed by atoms with Crippen LogP contribution in [0.3, 0.4) is 0 Å². The van der Waals surface area contributed by atoms with Crippen LogP contribution < -0.4 is 5.73 Å². The first-order chi connectivity index (χ1) is 6.95. The first kappa shape index (κ1) is 14.2. The summed E-state index contributed by atoms with van der Waals surface area (Å²) in [5.41, 5.74) is 5.91. The van der Waals surface area contributed by atoms with Crippen molar-refractivity contribution >= 4 is 5.91 Å². The number of rotatable bonds is 6. The monoisotopic (exact) mass is 212 g/mol. The molecule has 2 atom stereocenters. The first-order valence-corrected chi connectivity index (χ1v) is 5.62. The fourth-order valence-corrected chi connectivity index (χ4v) is 1.38. The van der Waals surface area contributed by atoms with Crippen LogP contribution in [0.25, 0.3) is 0 Å². The van der Waals surface area contributed by atoms with E-state index in [9.17, 15) is 4.79 Å². The topological polar surface area (TPSA) is 46.3 Å². The molecular weight excluding hydrogens is 188 g/mol. The number of nitrogens with zero attached hydrogens (tertiary/aromatic N) is 1. The van der Waals surface area contributed by atoms with E-state index in [1.165, 1.54) is 0 Å². The Bertz CT molecular complexity index is 214. The van der Waals surface area contributed by atoms with Gasteiger partial charge in [0.1, 0.15) is 0 Å². The summed E-state index contributed by atoms with van der Waals surface area (Å²) in [5, 5.41) is 0. The minimum atomic E-state index is -0.391. The second kappa shape index (κ2) is 6.62. The minimum absolute atomic E-state index is 0.0271. The van der Waals surface area contributed by atoms with Crippen molar-refractivity contribution in [3.63, 3.8) is 0 Å². The molecule has 0 aliphatic heterocycles. The lowest BCUT2D eigenvalue weighted by atomic mass is 9.98. The van der Waals surface area contributed by atoms with Crippen LogP contribution >= 0.6 is 0 Å². The smallest absolute Gasteiger partial charge is 0.240 e. The Balaban J connectivity index is 4.55. The number of amides is 1. The zero-order valence-electron chi connectivity index (χ0n) is 10.4. The van der Waals surface area contributed by atoms with Gasteiger partial charge in [0.15, 0.2) is 0 Å². The van der Waals surface area contributed by atoms with E-state index in [1.807, 2.05) is 27.7 Å². The molecule has 0 bridgehead atoms. The van der Waals surface area contributed by atoms with E-state index in [-0.39, 0.29) is 17.9 Å². The Hall–Kier alpha value is -0.830. The summed E-state index contributed by atoms with van der Waals surface area (Å²) >= 11 is 0. The molecule has 0 radical (unpaired) electrons. The Morgan fingerprint density at radius 3 is 2.33 bits per heavy atom. The van der Waals surface area contributed by atoms with Crippen molar-refractivity contribution in [2.24, 2.45) is 11.7 Å². The van der Waals surface area contributed by atoms with Crippen molar-refractivity contribution in [2.75, 3.05) is 6.54 Å². The SMILES string of the molecule is C=CCN(C(=O)C(N)C(C)CC)C(C)C. The summed E-state index contributed by atoms with van der Waals surface area (Å²) in [6.07, 6.45) is 2.66. The molecule has 0 aliphatic carbocycles. The molecule has 3 heteroatoms. The molecule has 15 heavy (non-hydrogen) atoms. The van der Waals surface area contributed by atoms with Crippen molar-refractivity contribution in [3.8, 4) is 0 Å². The Labute approximate surface area is 93.3 Å². The summed E-state index contributed by atoms with van der Waals surface area (Å²) in [6.45, 7) is 12.3. The summed E-state index contributed by atoms with van der Waals surface area (Å²) in [6, 6.07) is -0.219. The lowest BCUT2D eigenvalue weighted by molar-refractivity contribution is -0.134. The molecule has 88 valence electrons. The van der Waals surface area contributed by atoms with Crippen molar-refractivity contribution in [2.45, 2.75) is 46.2 Å². The number of nitrogens with two attached hydrogens (primary N) is 1. The molecule has 3 nitrogen and oxygen atoms in total. The summed E-state index contributed by atoms with van der Waals surface area (Å²) in [5.74, 6) is 0.253. The van der Waals surface area contributed by atoms with Gasteiger partial charge in [-0.15, -0.1) is 6.58 Å². The molecule has 0 fully saturated rings. The highest BCUT2D eigenvalue weighted by molar-refractivity contribution is 5.82. The molecule has 0 rings (SSSR count). The summed E-state index contributed by atoms with van der Waals surface area (Å²) < 4.78 is 0. The third-order valence-corrected chi connectivity index (χ3v) is 2.77. The van der Waals surface area contributed by atoms with Gasteiger partial charge in [0.05, 0.1) is 6.04 Å². The van der Waals surface area contributed by atoms with Gasteiger partial charge < -0.3 is 10.6 Å². The van der Waals surface area contributed by atoms with Gasteiger partial charge in [0, 0.05) is 12.6 Å². The molecule has 0 aromatic heterocycles. The van der Waals surface area contributed by atoms with E-state index in [4.69, 9.17) is 5.73 Å². The molecule has 0 saturated carbocycles. The quantitative estimate of drug-likeness (QED) is 0.682. The molecule has 2 N–H and O–H groups in total. The highest BCUT2D eigenvalue weighted by Gasteiger charge is 2.25. The first-order valence-electron chi connectivity index (χ1n) is 5.62. The number of hydrogen-bond donors (Lipinski definition) is 1. The molecule has 0 aromatic rings. The van der Waals surface area contributed by atoms with E-state index in [1.54, 1.807) is 11.0 Å². The van der Waals surface area contributed by atoms with Crippen molar-refractivity contribution in [1.29, 1.82) is 0 Å². The molecule has 0 aliphatic rings. The standard InChI is InChI=1S/C12H24N2O/c1-6-8-14(9(3)4)12(15)11(13)10(5)7-2/h6,9-11H,1,7-8,13H2,2-5H3. The van der Waals surface area contributed by atoms with E-state index >= 15 is 0 Å². The normalized spacial score (nSPS) is 14.8. The van der Waals surface area contributed by atoms with Gasteiger partial charge in [0.25, 0.3) is 0 Å². The lowest BCUT2D eigenvalue weighted by Gasteiger charge is -2.30. The van der Waals surface area contributed by atoms with Crippen LogP contribution in [0, 0.1) is 5.92 Å². The molecule has 1 amide bonds. The van der Waals surface area contributed by atoms with Crippen molar-refractivity contribution in [1.82, 2.24) is 4.90 Å². The van der Waals surface area contributed by atoms with Crippen LogP contribution in [0.4, 0.5) is 0 Å². The third-order valence-electron chi connectivity index (χ3n) is 2.77. The summed E-state index contributed by atoms with van der Waals surface area (Å²) in [4.78, 5) is 13.8. The van der Waals surface area contributed by atoms with Crippen LogP contribution in [0.15, 0.2) is 12.7 Å². The second-order valence-electron chi connectivity index (χ2n) is 4.28. The van der Waals surface area contributed by atoms with E-state index < -0.39 is 6.04 Å². The van der Waals surface area contributed by atoms with E-state index in [0.717, 1.165) is 6.42 Å². The van der Waals surface area contributed by atoms with Crippen molar-refractivity contribution in [3.05, 3.63) is 12.7 Å². The maximum absolute atomic E-state index is 12.0. The predicted molar refractivity (Wildman–Crippen MR) is 64.5 cm³/mol. The lowest BCUT2D eigenvalue weighted by Crippen LogP contribution is -2.49. The Kier molecular flexibility index (Phi) is 6.25. The largest absolute Gasteiger partial charge is 0.335 e. The number of carbonyl (C=O) groups excluding carboxylic acids is 1. The predicted octanol–water partition coefficient (Wildman–Crippen LogP) is 1.78. The minimum Gasteiger partial charge on any atom is -0.335 e. The molecule has 0 saturated heterocycles. The second-order valence-corrected chi connectivity index (χ2v) is 4.28. The average Bonchev–Trinajstić information content (AvgIpc) is 2.22. The van der Waals surface area contributed by atoms with Crippen LogP contribution in [-0.4, -0.2) is 29.4 Å². The maximum Gasteiger partial charge on any atom is 0.240 e. The van der Waals surface area contributed by atoms with Gasteiger partial charge in [-0.25, -0.2) is 0 Å². The van der Waals surface area contributed by atoms with E-state index in [2.05, 4.69) is 6.58 Å². The van der Waals surface area contributed by atoms with Gasteiger partial charge in [-0.2, -0.15) is 0 Å².